The Morgan fingerprint density at radius 2 is 1.73 bits per heavy atom. The molecule has 5 nitrogen and oxygen atoms in total. The van der Waals surface area contributed by atoms with Gasteiger partial charge in [-0.3, -0.25) is 4.79 Å². The van der Waals surface area contributed by atoms with Crippen LogP contribution in [-0.2, 0) is 4.74 Å². The Hall–Kier alpha value is -3.18. The van der Waals surface area contributed by atoms with Crippen molar-refractivity contribution in [1.82, 2.24) is 0 Å². The maximum Gasteiger partial charge on any atom is 0.343 e. The fraction of sp³-hybridized carbons (Fsp3) is 0.143. The highest BCUT2D eigenvalue weighted by molar-refractivity contribution is 6.00. The van der Waals surface area contributed by atoms with Gasteiger partial charge in [-0.05, 0) is 35.7 Å². The van der Waals surface area contributed by atoms with Gasteiger partial charge in [-0.25, -0.2) is 4.79 Å². The number of esters is 1. The molecule has 0 atom stereocenters. The van der Waals surface area contributed by atoms with E-state index in [4.69, 9.17) is 14.2 Å². The minimum atomic E-state index is -0.534. The van der Waals surface area contributed by atoms with E-state index in [9.17, 15) is 9.59 Å². The number of hydrogen-bond donors (Lipinski definition) is 0. The number of ether oxygens (including phenoxy) is 3. The van der Waals surface area contributed by atoms with Crippen LogP contribution >= 0.6 is 0 Å². The summed E-state index contributed by atoms with van der Waals surface area (Å²) >= 11 is 0. The first kappa shape index (κ1) is 17.6. The van der Waals surface area contributed by atoms with Crippen molar-refractivity contribution in [2.75, 3.05) is 20.3 Å². The average molecular weight is 350 g/mol. The molecule has 0 unspecified atom stereocenters. The van der Waals surface area contributed by atoms with E-state index in [0.29, 0.717) is 41.8 Å². The zero-order chi connectivity index (χ0) is 18.4. The fourth-order valence-corrected chi connectivity index (χ4v) is 2.55. The molecule has 0 spiro atoms. The highest BCUT2D eigenvalue weighted by Gasteiger charge is 2.15. The van der Waals surface area contributed by atoms with Crippen LogP contribution < -0.4 is 9.47 Å². The van der Waals surface area contributed by atoms with E-state index in [1.54, 1.807) is 37.4 Å². The number of carbonyl (C=O) groups is 2. The summed E-state index contributed by atoms with van der Waals surface area (Å²) < 4.78 is 15.9. The Kier molecular flexibility index (Phi) is 5.61. The Morgan fingerprint density at radius 1 is 0.962 bits per heavy atom. The predicted molar refractivity (Wildman–Crippen MR) is 98.1 cm³/mol. The van der Waals surface area contributed by atoms with Crippen molar-refractivity contribution in [2.24, 2.45) is 0 Å². The van der Waals surface area contributed by atoms with Gasteiger partial charge in [0, 0.05) is 12.5 Å². The van der Waals surface area contributed by atoms with Crippen LogP contribution in [0.1, 0.15) is 20.7 Å². The summed E-state index contributed by atoms with van der Waals surface area (Å²) in [7, 11) is 1.60. The van der Waals surface area contributed by atoms with Gasteiger partial charge in [0.1, 0.15) is 18.1 Å². The monoisotopic (exact) mass is 350 g/mol. The third-order valence-electron chi connectivity index (χ3n) is 3.88. The highest BCUT2D eigenvalue weighted by atomic mass is 16.5. The molecule has 0 saturated carbocycles. The molecule has 5 heteroatoms. The van der Waals surface area contributed by atoms with Gasteiger partial charge in [0.25, 0.3) is 0 Å². The maximum atomic E-state index is 12.5. The molecular weight excluding hydrogens is 332 g/mol. The SMILES string of the molecule is COCCOc1ccc(C(=O)Oc2c(C=O)ccc3ccccc23)cc1. The number of benzene rings is 3. The molecule has 0 fully saturated rings. The van der Waals surface area contributed by atoms with Gasteiger partial charge in [0.05, 0.1) is 17.7 Å². The molecule has 0 aliphatic rings. The van der Waals surface area contributed by atoms with Crippen molar-refractivity contribution < 1.29 is 23.8 Å². The standard InChI is InChI=1S/C21H18O5/c1-24-12-13-25-18-10-8-16(9-11-18)21(23)26-20-17(14-22)7-6-15-4-2-3-5-19(15)20/h2-11,14H,12-13H2,1H3. The minimum absolute atomic E-state index is 0.267. The number of aldehydes is 1. The van der Waals surface area contributed by atoms with Crippen molar-refractivity contribution in [2.45, 2.75) is 0 Å². The second-order valence-corrected chi connectivity index (χ2v) is 5.58. The van der Waals surface area contributed by atoms with Crippen LogP contribution in [0.4, 0.5) is 0 Å². The van der Waals surface area contributed by atoms with Gasteiger partial charge in [0.15, 0.2) is 6.29 Å². The molecule has 3 aromatic rings. The first-order valence-electron chi connectivity index (χ1n) is 8.14. The summed E-state index contributed by atoms with van der Waals surface area (Å²) in [6.45, 7) is 0.915. The van der Waals surface area contributed by atoms with E-state index in [0.717, 1.165) is 5.39 Å². The molecule has 0 amide bonds. The first-order chi connectivity index (χ1) is 12.7. The van der Waals surface area contributed by atoms with E-state index >= 15 is 0 Å². The molecule has 0 aromatic heterocycles. The first-order valence-corrected chi connectivity index (χ1v) is 8.14. The molecule has 0 N–H and O–H groups in total. The predicted octanol–water partition coefficient (Wildman–Crippen LogP) is 3.90. The van der Waals surface area contributed by atoms with Crippen LogP contribution in [0.2, 0.25) is 0 Å². The number of methoxy groups -OCH3 is 1. The van der Waals surface area contributed by atoms with Gasteiger partial charge in [-0.15, -0.1) is 0 Å². The molecule has 0 aliphatic carbocycles. The summed E-state index contributed by atoms with van der Waals surface area (Å²) in [6.07, 6.45) is 0.682. The number of rotatable bonds is 7. The lowest BCUT2D eigenvalue weighted by Gasteiger charge is -2.11. The van der Waals surface area contributed by atoms with Crippen molar-refractivity contribution >= 4 is 23.0 Å². The average Bonchev–Trinajstić information content (AvgIpc) is 2.69. The zero-order valence-corrected chi connectivity index (χ0v) is 14.3. The van der Waals surface area contributed by atoms with E-state index in [2.05, 4.69) is 0 Å². The van der Waals surface area contributed by atoms with Gasteiger partial charge in [-0.2, -0.15) is 0 Å². The van der Waals surface area contributed by atoms with Crippen LogP contribution in [0.25, 0.3) is 10.8 Å². The summed E-state index contributed by atoms with van der Waals surface area (Å²) in [4.78, 5) is 23.8. The number of hydrogen-bond acceptors (Lipinski definition) is 5. The molecule has 26 heavy (non-hydrogen) atoms. The summed E-state index contributed by atoms with van der Waals surface area (Å²) in [5, 5.41) is 1.60. The van der Waals surface area contributed by atoms with E-state index in [1.807, 2.05) is 30.3 Å². The fourth-order valence-electron chi connectivity index (χ4n) is 2.55. The molecule has 0 bridgehead atoms. The topological polar surface area (TPSA) is 61.8 Å². The second kappa shape index (κ2) is 8.27. The molecule has 0 aliphatic heterocycles. The number of fused-ring (bicyclic) bond motifs is 1. The molecule has 3 aromatic carbocycles. The largest absolute Gasteiger partial charge is 0.491 e. The molecule has 132 valence electrons. The summed E-state index contributed by atoms with van der Waals surface area (Å²) in [5.41, 5.74) is 0.699. The van der Waals surface area contributed by atoms with Crippen LogP contribution in [0.15, 0.2) is 60.7 Å². The van der Waals surface area contributed by atoms with Crippen molar-refractivity contribution in [1.29, 1.82) is 0 Å². The summed E-state index contributed by atoms with van der Waals surface area (Å²) in [5.74, 6) is 0.369. The van der Waals surface area contributed by atoms with Crippen LogP contribution in [0.5, 0.6) is 11.5 Å². The summed E-state index contributed by atoms with van der Waals surface area (Å²) in [6, 6.07) is 17.5. The van der Waals surface area contributed by atoms with Crippen molar-refractivity contribution in [3.05, 3.63) is 71.8 Å². The van der Waals surface area contributed by atoms with E-state index in [1.165, 1.54) is 0 Å². The van der Waals surface area contributed by atoms with Crippen LogP contribution in [0.3, 0.4) is 0 Å². The van der Waals surface area contributed by atoms with Crippen molar-refractivity contribution in [3.63, 3.8) is 0 Å². The minimum Gasteiger partial charge on any atom is -0.491 e. The third kappa shape index (κ3) is 3.90. The molecule has 0 radical (unpaired) electrons. The van der Waals surface area contributed by atoms with Gasteiger partial charge in [-0.1, -0.05) is 30.3 Å². The van der Waals surface area contributed by atoms with Crippen molar-refractivity contribution in [3.8, 4) is 11.5 Å². The smallest absolute Gasteiger partial charge is 0.343 e. The molecular formula is C21H18O5. The molecule has 3 rings (SSSR count). The normalized spacial score (nSPS) is 10.5. The Morgan fingerprint density at radius 3 is 2.46 bits per heavy atom. The van der Waals surface area contributed by atoms with Gasteiger partial charge >= 0.3 is 5.97 Å². The Labute approximate surface area is 151 Å². The molecule has 0 saturated heterocycles. The van der Waals surface area contributed by atoms with Gasteiger partial charge < -0.3 is 14.2 Å². The Bertz CT molecular complexity index is 915. The lowest BCUT2D eigenvalue weighted by atomic mass is 10.1. The third-order valence-corrected chi connectivity index (χ3v) is 3.88. The quantitative estimate of drug-likeness (QED) is 0.280. The van der Waals surface area contributed by atoms with Crippen LogP contribution in [0, 0.1) is 0 Å². The Balaban J connectivity index is 1.82. The number of carbonyl (C=O) groups excluding carboxylic acids is 2. The zero-order valence-electron chi connectivity index (χ0n) is 14.3. The molecule has 0 heterocycles. The lowest BCUT2D eigenvalue weighted by molar-refractivity contribution is 0.0736. The lowest BCUT2D eigenvalue weighted by Crippen LogP contribution is -2.10. The van der Waals surface area contributed by atoms with E-state index in [-0.39, 0.29) is 5.75 Å². The van der Waals surface area contributed by atoms with Gasteiger partial charge in [0.2, 0.25) is 0 Å². The van der Waals surface area contributed by atoms with Crippen LogP contribution in [-0.4, -0.2) is 32.6 Å². The van der Waals surface area contributed by atoms with E-state index < -0.39 is 5.97 Å². The second-order valence-electron chi connectivity index (χ2n) is 5.58. The highest BCUT2D eigenvalue weighted by Crippen LogP contribution is 2.29. The maximum absolute atomic E-state index is 12.5.